The first-order valence-electron chi connectivity index (χ1n) is 6.82. The monoisotopic (exact) mass is 375 g/mol. The highest BCUT2D eigenvalue weighted by molar-refractivity contribution is 8.00. The minimum absolute atomic E-state index is 0.264. The Labute approximate surface area is 146 Å². The fourth-order valence-electron chi connectivity index (χ4n) is 1.75. The topological polar surface area (TPSA) is 38.3 Å². The number of hydrogen-bond acceptors (Lipinski definition) is 3. The summed E-state index contributed by atoms with van der Waals surface area (Å²) in [5.41, 5.74) is 0.387. The molecule has 1 N–H and O–H groups in total. The normalized spacial score (nSPS) is 12.5. The van der Waals surface area contributed by atoms with Gasteiger partial charge in [0.05, 0.1) is 5.25 Å². The Kier molecular flexibility index (Phi) is 6.01. The van der Waals surface area contributed by atoms with Gasteiger partial charge in [0, 0.05) is 15.6 Å². The maximum atomic E-state index is 12.1. The van der Waals surface area contributed by atoms with Gasteiger partial charge < -0.3 is 10.1 Å². The van der Waals surface area contributed by atoms with E-state index in [2.05, 4.69) is 10.1 Å². The molecule has 0 aliphatic carbocycles. The summed E-state index contributed by atoms with van der Waals surface area (Å²) in [6, 6.07) is 12.0. The van der Waals surface area contributed by atoms with Crippen LogP contribution < -0.4 is 10.1 Å². The molecule has 24 heavy (non-hydrogen) atoms. The molecule has 2 rings (SSSR count). The van der Waals surface area contributed by atoms with Crippen LogP contribution in [-0.2, 0) is 4.79 Å². The van der Waals surface area contributed by atoms with Crippen molar-refractivity contribution < 1.29 is 22.7 Å². The summed E-state index contributed by atoms with van der Waals surface area (Å²) >= 11 is 7.15. The van der Waals surface area contributed by atoms with Gasteiger partial charge >= 0.3 is 6.36 Å². The first kappa shape index (κ1) is 18.5. The zero-order valence-electron chi connectivity index (χ0n) is 12.4. The van der Waals surface area contributed by atoms with E-state index in [-0.39, 0.29) is 11.7 Å². The summed E-state index contributed by atoms with van der Waals surface area (Å²) in [6.45, 7) is 1.73. The van der Waals surface area contributed by atoms with Gasteiger partial charge in [-0.05, 0) is 55.5 Å². The molecule has 128 valence electrons. The molecule has 0 heterocycles. The van der Waals surface area contributed by atoms with Crippen molar-refractivity contribution in [3.63, 3.8) is 0 Å². The summed E-state index contributed by atoms with van der Waals surface area (Å²) in [5, 5.41) is 2.86. The number of rotatable bonds is 5. The first-order valence-corrected chi connectivity index (χ1v) is 8.07. The molecule has 0 saturated carbocycles. The fraction of sp³-hybridized carbons (Fsp3) is 0.188. The van der Waals surface area contributed by atoms with Gasteiger partial charge in [-0.2, -0.15) is 0 Å². The summed E-state index contributed by atoms with van der Waals surface area (Å²) in [4.78, 5) is 13.0. The molecular weight excluding hydrogens is 363 g/mol. The Hall–Kier alpha value is -1.86. The number of carbonyl (C=O) groups excluding carboxylic acids is 1. The van der Waals surface area contributed by atoms with E-state index in [0.717, 1.165) is 17.0 Å². The van der Waals surface area contributed by atoms with Crippen LogP contribution in [0.15, 0.2) is 53.4 Å². The average molecular weight is 376 g/mol. The Bertz CT molecular complexity index is 690. The molecule has 0 radical (unpaired) electrons. The quantitative estimate of drug-likeness (QED) is 0.715. The molecule has 3 nitrogen and oxygen atoms in total. The van der Waals surface area contributed by atoms with Gasteiger partial charge in [0.1, 0.15) is 5.75 Å². The third-order valence-corrected chi connectivity index (χ3v) is 4.22. The van der Waals surface area contributed by atoms with E-state index >= 15 is 0 Å². The van der Waals surface area contributed by atoms with Crippen molar-refractivity contribution in [1.29, 1.82) is 0 Å². The van der Waals surface area contributed by atoms with Gasteiger partial charge in [0.2, 0.25) is 5.91 Å². The van der Waals surface area contributed by atoms with Crippen molar-refractivity contribution in [3.8, 4) is 5.75 Å². The molecule has 0 fully saturated rings. The molecule has 1 amide bonds. The maximum Gasteiger partial charge on any atom is 0.573 e. The molecule has 2 aromatic carbocycles. The molecule has 1 atom stereocenters. The molecule has 8 heteroatoms. The van der Waals surface area contributed by atoms with Crippen LogP contribution in [0.2, 0.25) is 5.02 Å². The van der Waals surface area contributed by atoms with Crippen molar-refractivity contribution in [2.75, 3.05) is 5.32 Å². The minimum atomic E-state index is -4.74. The van der Waals surface area contributed by atoms with Crippen LogP contribution >= 0.6 is 23.4 Å². The van der Waals surface area contributed by atoms with Crippen molar-refractivity contribution in [2.45, 2.75) is 23.4 Å². The summed E-state index contributed by atoms with van der Waals surface area (Å²) in [6.07, 6.45) is -4.74. The second-order valence-corrected chi connectivity index (χ2v) is 6.63. The van der Waals surface area contributed by atoms with Crippen LogP contribution in [0.3, 0.4) is 0 Å². The lowest BCUT2D eigenvalue weighted by molar-refractivity contribution is -0.274. The lowest BCUT2D eigenvalue weighted by Gasteiger charge is -2.13. The zero-order chi connectivity index (χ0) is 17.7. The van der Waals surface area contributed by atoms with E-state index in [4.69, 9.17) is 11.6 Å². The van der Waals surface area contributed by atoms with Crippen molar-refractivity contribution >= 4 is 35.0 Å². The highest BCUT2D eigenvalue weighted by Gasteiger charge is 2.31. The number of nitrogens with one attached hydrogen (secondary N) is 1. The van der Waals surface area contributed by atoms with Crippen LogP contribution in [0, 0.1) is 0 Å². The van der Waals surface area contributed by atoms with E-state index < -0.39 is 11.6 Å². The average Bonchev–Trinajstić information content (AvgIpc) is 2.50. The van der Waals surface area contributed by atoms with Crippen molar-refractivity contribution in [2.24, 2.45) is 0 Å². The van der Waals surface area contributed by atoms with Crippen LogP contribution in [0.25, 0.3) is 0 Å². The highest BCUT2D eigenvalue weighted by atomic mass is 35.5. The third kappa shape index (κ3) is 5.98. The van der Waals surface area contributed by atoms with E-state index in [1.54, 1.807) is 31.2 Å². The van der Waals surface area contributed by atoms with E-state index in [1.165, 1.54) is 23.9 Å². The number of hydrogen-bond donors (Lipinski definition) is 1. The molecule has 0 saturated heterocycles. The molecule has 0 bridgehead atoms. The second kappa shape index (κ2) is 7.81. The predicted octanol–water partition coefficient (Wildman–Crippen LogP) is 5.36. The lowest BCUT2D eigenvalue weighted by Crippen LogP contribution is -2.22. The van der Waals surface area contributed by atoms with Crippen LogP contribution in [0.1, 0.15) is 6.92 Å². The third-order valence-electron chi connectivity index (χ3n) is 2.85. The number of carbonyl (C=O) groups is 1. The molecule has 0 spiro atoms. The number of benzene rings is 2. The molecule has 0 aliphatic rings. The fourth-order valence-corrected chi connectivity index (χ4v) is 2.75. The van der Waals surface area contributed by atoms with Gasteiger partial charge in [0.25, 0.3) is 0 Å². The standard InChI is InChI=1S/C16H13ClF3NO2S/c1-10(24-14-8-2-11(17)3-9-14)15(22)21-12-4-6-13(7-5-12)23-16(18,19)20/h2-10H,1H3,(H,21,22)/t10-/m0/s1. The van der Waals surface area contributed by atoms with Crippen LogP contribution in [0.5, 0.6) is 5.75 Å². The SMILES string of the molecule is C[C@H](Sc1ccc(Cl)cc1)C(=O)Nc1ccc(OC(F)(F)F)cc1. The number of halogens is 4. The van der Waals surface area contributed by atoms with Gasteiger partial charge in [-0.25, -0.2) is 0 Å². The molecular formula is C16H13ClF3NO2S. The molecule has 0 aromatic heterocycles. The number of alkyl halides is 3. The van der Waals surface area contributed by atoms with Gasteiger partial charge in [-0.1, -0.05) is 11.6 Å². The smallest absolute Gasteiger partial charge is 0.406 e. The second-order valence-electron chi connectivity index (χ2n) is 4.78. The van der Waals surface area contributed by atoms with E-state index in [1.807, 2.05) is 0 Å². The van der Waals surface area contributed by atoms with Gasteiger partial charge in [-0.3, -0.25) is 4.79 Å². The van der Waals surface area contributed by atoms with E-state index in [0.29, 0.717) is 10.7 Å². The molecule has 0 unspecified atom stereocenters. The summed E-state index contributed by atoms with van der Waals surface area (Å²) < 4.78 is 40.0. The Morgan fingerprint density at radius 3 is 2.25 bits per heavy atom. The Balaban J connectivity index is 1.92. The minimum Gasteiger partial charge on any atom is -0.406 e. The van der Waals surface area contributed by atoms with Crippen LogP contribution in [0.4, 0.5) is 18.9 Å². The van der Waals surface area contributed by atoms with Crippen molar-refractivity contribution in [1.82, 2.24) is 0 Å². The molecule has 0 aliphatic heterocycles. The number of thioether (sulfide) groups is 1. The van der Waals surface area contributed by atoms with Crippen molar-refractivity contribution in [3.05, 3.63) is 53.6 Å². The number of anilines is 1. The lowest BCUT2D eigenvalue weighted by atomic mass is 10.3. The largest absolute Gasteiger partial charge is 0.573 e. The predicted molar refractivity (Wildman–Crippen MR) is 88.5 cm³/mol. The van der Waals surface area contributed by atoms with Gasteiger partial charge in [0.15, 0.2) is 0 Å². The summed E-state index contributed by atoms with van der Waals surface area (Å²) in [5.74, 6) is -0.608. The number of ether oxygens (including phenoxy) is 1. The Morgan fingerprint density at radius 1 is 1.12 bits per heavy atom. The Morgan fingerprint density at radius 2 is 1.71 bits per heavy atom. The number of amides is 1. The highest BCUT2D eigenvalue weighted by Crippen LogP contribution is 2.27. The summed E-state index contributed by atoms with van der Waals surface area (Å²) in [7, 11) is 0. The maximum absolute atomic E-state index is 12.1. The first-order chi connectivity index (χ1) is 11.2. The zero-order valence-corrected chi connectivity index (χ0v) is 14.0. The van der Waals surface area contributed by atoms with Crippen LogP contribution in [-0.4, -0.2) is 17.5 Å². The molecule has 2 aromatic rings. The van der Waals surface area contributed by atoms with E-state index in [9.17, 15) is 18.0 Å². The van der Waals surface area contributed by atoms with Gasteiger partial charge in [-0.15, -0.1) is 24.9 Å².